The summed E-state index contributed by atoms with van der Waals surface area (Å²) in [6.07, 6.45) is -1.00. The molecule has 0 bridgehead atoms. The first-order valence-electron chi connectivity index (χ1n) is 9.65. The minimum atomic E-state index is -0.972. The van der Waals surface area contributed by atoms with Gasteiger partial charge in [-0.3, -0.25) is 14.4 Å². The Labute approximate surface area is 184 Å². The fourth-order valence-corrected chi connectivity index (χ4v) is 3.19. The number of rotatable bonds is 9. The Morgan fingerprint density at radius 2 is 1.68 bits per heavy atom. The van der Waals surface area contributed by atoms with E-state index < -0.39 is 18.0 Å². The Bertz CT molecular complexity index is 1000. The lowest BCUT2D eigenvalue weighted by atomic mass is 10.2. The van der Waals surface area contributed by atoms with Gasteiger partial charge in [0.15, 0.2) is 6.10 Å². The fourth-order valence-electron chi connectivity index (χ4n) is 2.56. The van der Waals surface area contributed by atoms with E-state index in [1.165, 1.54) is 18.3 Å². The van der Waals surface area contributed by atoms with Crippen LogP contribution in [0.5, 0.6) is 11.5 Å². The molecule has 2 amide bonds. The van der Waals surface area contributed by atoms with Crippen molar-refractivity contribution < 1.29 is 23.9 Å². The first-order chi connectivity index (χ1) is 15.0. The summed E-state index contributed by atoms with van der Waals surface area (Å²) in [6, 6.07) is 17.9. The molecule has 0 aliphatic carbocycles. The molecule has 0 saturated carbocycles. The number of ether oxygens (including phenoxy) is 2. The molecule has 2 aromatic carbocycles. The van der Waals surface area contributed by atoms with E-state index in [1.54, 1.807) is 41.1 Å². The van der Waals surface area contributed by atoms with E-state index in [0.717, 1.165) is 0 Å². The fraction of sp³-hybridized carbons (Fsp3) is 0.174. The molecule has 2 N–H and O–H groups in total. The SMILES string of the molecule is CC(OC(=O)CCNC(=O)c1ccsc1)C(=O)Nc1ccc(Oc2ccccc2)cc1. The predicted octanol–water partition coefficient (Wildman–Crippen LogP) is 4.23. The molecule has 7 nitrogen and oxygen atoms in total. The maximum Gasteiger partial charge on any atom is 0.308 e. The molecule has 160 valence electrons. The number of para-hydroxylation sites is 1. The zero-order chi connectivity index (χ0) is 22.1. The van der Waals surface area contributed by atoms with E-state index >= 15 is 0 Å². The minimum Gasteiger partial charge on any atom is -0.457 e. The van der Waals surface area contributed by atoms with Crippen LogP contribution in [0, 0.1) is 0 Å². The Morgan fingerprint density at radius 3 is 2.35 bits per heavy atom. The number of carbonyl (C=O) groups is 3. The molecule has 1 atom stereocenters. The second-order valence-corrected chi connectivity index (χ2v) is 7.36. The van der Waals surface area contributed by atoms with Crippen LogP contribution in [0.1, 0.15) is 23.7 Å². The summed E-state index contributed by atoms with van der Waals surface area (Å²) in [7, 11) is 0. The molecular formula is C23H22N2O5S. The highest BCUT2D eigenvalue weighted by Crippen LogP contribution is 2.22. The van der Waals surface area contributed by atoms with Gasteiger partial charge in [0.05, 0.1) is 6.42 Å². The van der Waals surface area contributed by atoms with E-state index in [-0.39, 0.29) is 18.9 Å². The first-order valence-corrected chi connectivity index (χ1v) is 10.6. The van der Waals surface area contributed by atoms with Gasteiger partial charge in [0.2, 0.25) is 0 Å². The van der Waals surface area contributed by atoms with Crippen LogP contribution in [0.3, 0.4) is 0 Å². The quantitative estimate of drug-likeness (QED) is 0.488. The van der Waals surface area contributed by atoms with Crippen LogP contribution in [-0.2, 0) is 14.3 Å². The Kier molecular flexibility index (Phi) is 7.78. The van der Waals surface area contributed by atoms with Gasteiger partial charge in [-0.2, -0.15) is 11.3 Å². The van der Waals surface area contributed by atoms with Gasteiger partial charge in [0.1, 0.15) is 11.5 Å². The van der Waals surface area contributed by atoms with E-state index in [4.69, 9.17) is 9.47 Å². The van der Waals surface area contributed by atoms with Gasteiger partial charge in [-0.25, -0.2) is 0 Å². The van der Waals surface area contributed by atoms with Crippen molar-refractivity contribution in [2.24, 2.45) is 0 Å². The van der Waals surface area contributed by atoms with Crippen LogP contribution in [-0.4, -0.2) is 30.4 Å². The highest BCUT2D eigenvalue weighted by Gasteiger charge is 2.18. The number of anilines is 1. The minimum absolute atomic E-state index is 0.0288. The molecule has 1 heterocycles. The van der Waals surface area contributed by atoms with Crippen LogP contribution in [0.2, 0.25) is 0 Å². The van der Waals surface area contributed by atoms with Crippen molar-refractivity contribution in [1.29, 1.82) is 0 Å². The van der Waals surface area contributed by atoms with Gasteiger partial charge in [-0.05, 0) is 54.8 Å². The Morgan fingerprint density at radius 1 is 0.968 bits per heavy atom. The van der Waals surface area contributed by atoms with Gasteiger partial charge in [-0.1, -0.05) is 18.2 Å². The molecule has 31 heavy (non-hydrogen) atoms. The maximum absolute atomic E-state index is 12.3. The summed E-state index contributed by atoms with van der Waals surface area (Å²) in [5, 5.41) is 8.85. The molecule has 0 fully saturated rings. The van der Waals surface area contributed by atoms with E-state index in [2.05, 4.69) is 10.6 Å². The lowest BCUT2D eigenvalue weighted by Gasteiger charge is -2.14. The summed E-state index contributed by atoms with van der Waals surface area (Å²) in [6.45, 7) is 1.62. The average Bonchev–Trinajstić information content (AvgIpc) is 3.31. The van der Waals surface area contributed by atoms with Crippen molar-refractivity contribution in [1.82, 2.24) is 5.32 Å². The summed E-state index contributed by atoms with van der Waals surface area (Å²) in [4.78, 5) is 36.0. The largest absolute Gasteiger partial charge is 0.457 e. The van der Waals surface area contributed by atoms with Crippen molar-refractivity contribution >= 4 is 34.8 Å². The summed E-state index contributed by atoms with van der Waals surface area (Å²) >= 11 is 1.42. The van der Waals surface area contributed by atoms with Gasteiger partial charge < -0.3 is 20.1 Å². The molecule has 8 heteroatoms. The van der Waals surface area contributed by atoms with Gasteiger partial charge in [0.25, 0.3) is 11.8 Å². The van der Waals surface area contributed by atoms with Crippen molar-refractivity contribution in [3.63, 3.8) is 0 Å². The molecule has 0 spiro atoms. The van der Waals surface area contributed by atoms with Crippen LogP contribution < -0.4 is 15.4 Å². The smallest absolute Gasteiger partial charge is 0.308 e. The van der Waals surface area contributed by atoms with Crippen molar-refractivity contribution in [3.8, 4) is 11.5 Å². The van der Waals surface area contributed by atoms with Crippen molar-refractivity contribution in [2.75, 3.05) is 11.9 Å². The Balaban J connectivity index is 1.40. The topological polar surface area (TPSA) is 93.7 Å². The lowest BCUT2D eigenvalue weighted by Crippen LogP contribution is -2.32. The predicted molar refractivity (Wildman–Crippen MR) is 118 cm³/mol. The van der Waals surface area contributed by atoms with E-state index in [9.17, 15) is 14.4 Å². The molecule has 3 aromatic rings. The molecule has 0 radical (unpaired) electrons. The average molecular weight is 439 g/mol. The number of nitrogens with one attached hydrogen (secondary N) is 2. The van der Waals surface area contributed by atoms with Gasteiger partial charge in [0, 0.05) is 23.2 Å². The number of carbonyl (C=O) groups excluding carboxylic acids is 3. The standard InChI is InChI=1S/C23H22N2O5S/c1-16(29-21(26)11-13-24-23(28)17-12-14-31-15-17)22(27)25-18-7-9-20(10-8-18)30-19-5-3-2-4-6-19/h2-10,12,14-16H,11,13H2,1H3,(H,24,28)(H,25,27). The molecule has 1 aromatic heterocycles. The zero-order valence-electron chi connectivity index (χ0n) is 16.9. The third-order valence-corrected chi connectivity index (χ3v) is 4.86. The normalized spacial score (nSPS) is 11.3. The molecule has 0 saturated heterocycles. The summed E-state index contributed by atoms with van der Waals surface area (Å²) in [5.74, 6) is 0.0753. The second-order valence-electron chi connectivity index (χ2n) is 6.58. The number of esters is 1. The first kappa shape index (κ1) is 22.0. The summed E-state index contributed by atoms with van der Waals surface area (Å²) < 4.78 is 10.8. The highest BCUT2D eigenvalue weighted by molar-refractivity contribution is 7.08. The summed E-state index contributed by atoms with van der Waals surface area (Å²) in [5.41, 5.74) is 1.10. The van der Waals surface area contributed by atoms with Crippen LogP contribution in [0.25, 0.3) is 0 Å². The number of amides is 2. The van der Waals surface area contributed by atoms with Gasteiger partial charge in [-0.15, -0.1) is 0 Å². The van der Waals surface area contributed by atoms with Crippen LogP contribution in [0.4, 0.5) is 5.69 Å². The van der Waals surface area contributed by atoms with Gasteiger partial charge >= 0.3 is 5.97 Å². The molecular weight excluding hydrogens is 416 g/mol. The maximum atomic E-state index is 12.3. The number of benzene rings is 2. The van der Waals surface area contributed by atoms with Crippen molar-refractivity contribution in [3.05, 3.63) is 77.0 Å². The third kappa shape index (κ3) is 6.97. The van der Waals surface area contributed by atoms with Crippen molar-refractivity contribution in [2.45, 2.75) is 19.4 Å². The zero-order valence-corrected chi connectivity index (χ0v) is 17.7. The number of thiophene rings is 1. The van der Waals surface area contributed by atoms with E-state index in [0.29, 0.717) is 22.7 Å². The monoisotopic (exact) mass is 438 g/mol. The second kappa shape index (κ2) is 10.9. The van der Waals surface area contributed by atoms with Crippen LogP contribution in [0.15, 0.2) is 71.4 Å². The number of hydrogen-bond donors (Lipinski definition) is 2. The molecule has 1 unspecified atom stereocenters. The van der Waals surface area contributed by atoms with Crippen LogP contribution >= 0.6 is 11.3 Å². The number of hydrogen-bond acceptors (Lipinski definition) is 6. The lowest BCUT2D eigenvalue weighted by molar-refractivity contribution is -0.153. The highest BCUT2D eigenvalue weighted by atomic mass is 32.1. The third-order valence-electron chi connectivity index (χ3n) is 4.18. The Hall–Kier alpha value is -3.65. The molecule has 0 aliphatic heterocycles. The van der Waals surface area contributed by atoms with E-state index in [1.807, 2.05) is 30.3 Å². The molecule has 3 rings (SSSR count). The molecule has 0 aliphatic rings.